The summed E-state index contributed by atoms with van der Waals surface area (Å²) in [5.74, 6) is 0.339. The third-order valence-electron chi connectivity index (χ3n) is 5.20. The van der Waals surface area contributed by atoms with Crippen LogP contribution >= 0.6 is 0 Å². The van der Waals surface area contributed by atoms with E-state index >= 15 is 0 Å². The molecule has 0 N–H and O–H groups in total. The van der Waals surface area contributed by atoms with Crippen molar-refractivity contribution in [1.82, 2.24) is 0 Å². The lowest BCUT2D eigenvalue weighted by atomic mass is 9.90. The normalized spacial score (nSPS) is 10.6. The second-order valence-corrected chi connectivity index (χ2v) is 7.82. The molecule has 0 amide bonds. The van der Waals surface area contributed by atoms with Crippen molar-refractivity contribution in [2.75, 3.05) is 13.2 Å². The first-order valence-electron chi connectivity index (χ1n) is 11.1. The standard InChI is InChI=1S/C29H25BO4/c30-27-18-25(24-11-13-28(14-12-24)34-21-23-9-5-2-6-10-23)17-26(19-27)29(31)33-16-15-32-20-22-7-3-1-4-8-22/h1-14,17-19H,15-16,20-21H2. The average Bonchev–Trinajstić information content (AvgIpc) is 2.88. The lowest BCUT2D eigenvalue weighted by molar-refractivity contribution is 0.0288. The number of hydrogen-bond acceptors (Lipinski definition) is 4. The Labute approximate surface area is 201 Å². The van der Waals surface area contributed by atoms with Crippen LogP contribution in [0.15, 0.2) is 103 Å². The van der Waals surface area contributed by atoms with Crippen molar-refractivity contribution >= 4 is 19.3 Å². The largest absolute Gasteiger partial charge is 0.489 e. The Bertz CT molecular complexity index is 1190. The maximum atomic E-state index is 12.5. The molecule has 0 aliphatic carbocycles. The Balaban J connectivity index is 1.31. The molecule has 0 unspecified atom stereocenters. The Kier molecular flexibility index (Phi) is 8.15. The highest BCUT2D eigenvalue weighted by molar-refractivity contribution is 6.33. The van der Waals surface area contributed by atoms with Crippen molar-refractivity contribution in [2.45, 2.75) is 13.2 Å². The van der Waals surface area contributed by atoms with E-state index in [1.807, 2.05) is 91.0 Å². The first-order chi connectivity index (χ1) is 16.7. The Morgan fingerprint density at radius 1 is 0.676 bits per heavy atom. The van der Waals surface area contributed by atoms with Crippen LogP contribution < -0.4 is 10.2 Å². The summed E-state index contributed by atoms with van der Waals surface area (Å²) in [5, 5.41) is 0. The summed E-state index contributed by atoms with van der Waals surface area (Å²) in [7, 11) is 6.06. The monoisotopic (exact) mass is 448 g/mol. The van der Waals surface area contributed by atoms with Crippen LogP contribution in [0, 0.1) is 0 Å². The van der Waals surface area contributed by atoms with Crippen LogP contribution in [0.1, 0.15) is 21.5 Å². The van der Waals surface area contributed by atoms with E-state index in [4.69, 9.17) is 22.1 Å². The van der Waals surface area contributed by atoms with Crippen molar-refractivity contribution in [3.63, 3.8) is 0 Å². The van der Waals surface area contributed by atoms with Crippen molar-refractivity contribution in [3.8, 4) is 16.9 Å². The molecule has 0 aliphatic rings. The number of rotatable bonds is 10. The van der Waals surface area contributed by atoms with Crippen LogP contribution in [0.3, 0.4) is 0 Å². The molecule has 0 spiro atoms. The molecule has 0 saturated heterocycles. The second-order valence-electron chi connectivity index (χ2n) is 7.82. The number of ether oxygens (including phenoxy) is 3. The summed E-state index contributed by atoms with van der Waals surface area (Å²) in [6.07, 6.45) is 0. The van der Waals surface area contributed by atoms with Crippen LogP contribution in [0.5, 0.6) is 5.75 Å². The minimum Gasteiger partial charge on any atom is -0.489 e. The van der Waals surface area contributed by atoms with Gasteiger partial charge >= 0.3 is 5.97 Å². The minimum atomic E-state index is -0.431. The van der Waals surface area contributed by atoms with E-state index in [2.05, 4.69) is 0 Å². The van der Waals surface area contributed by atoms with Crippen LogP contribution in [-0.2, 0) is 22.7 Å². The third-order valence-corrected chi connectivity index (χ3v) is 5.20. The van der Waals surface area contributed by atoms with Crippen molar-refractivity contribution < 1.29 is 19.0 Å². The third kappa shape index (κ3) is 6.83. The van der Waals surface area contributed by atoms with Crippen LogP contribution in [0.25, 0.3) is 11.1 Å². The van der Waals surface area contributed by atoms with Gasteiger partial charge in [-0.3, -0.25) is 0 Å². The van der Waals surface area contributed by atoms with Crippen molar-refractivity contribution in [3.05, 3.63) is 120 Å². The van der Waals surface area contributed by atoms with E-state index in [1.165, 1.54) is 0 Å². The van der Waals surface area contributed by atoms with Gasteiger partial charge in [0.1, 0.15) is 26.8 Å². The van der Waals surface area contributed by atoms with Crippen LogP contribution in [0.2, 0.25) is 0 Å². The number of benzene rings is 4. The highest BCUT2D eigenvalue weighted by Gasteiger charge is 2.10. The summed E-state index contributed by atoms with van der Waals surface area (Å²) in [4.78, 5) is 12.5. The average molecular weight is 448 g/mol. The van der Waals surface area contributed by atoms with Gasteiger partial charge in [0.15, 0.2) is 0 Å². The number of carbonyl (C=O) groups excluding carboxylic acids is 1. The van der Waals surface area contributed by atoms with E-state index in [0.29, 0.717) is 30.8 Å². The first kappa shape index (κ1) is 23.3. The molecule has 4 aromatic carbocycles. The van der Waals surface area contributed by atoms with Crippen LogP contribution in [-0.4, -0.2) is 27.0 Å². The predicted molar refractivity (Wildman–Crippen MR) is 134 cm³/mol. The van der Waals surface area contributed by atoms with Gasteiger partial charge < -0.3 is 14.2 Å². The SMILES string of the molecule is [B]c1cc(C(=O)OCCOCc2ccccc2)cc(-c2ccc(OCc3ccccc3)cc2)c1. The molecule has 0 aromatic heterocycles. The Hall–Kier alpha value is -3.83. The van der Waals surface area contributed by atoms with E-state index in [1.54, 1.807) is 12.1 Å². The zero-order valence-corrected chi connectivity index (χ0v) is 18.9. The van der Waals surface area contributed by atoms with Gasteiger partial charge in [0.2, 0.25) is 0 Å². The molecule has 0 aliphatic heterocycles. The lowest BCUT2D eigenvalue weighted by Gasteiger charge is -2.11. The molecule has 4 aromatic rings. The first-order valence-corrected chi connectivity index (χ1v) is 11.1. The van der Waals surface area contributed by atoms with Gasteiger partial charge in [-0.1, -0.05) is 90.4 Å². The molecule has 0 heterocycles. The summed E-state index contributed by atoms with van der Waals surface area (Å²) >= 11 is 0. The minimum absolute atomic E-state index is 0.170. The molecule has 5 heteroatoms. The predicted octanol–water partition coefficient (Wildman–Crippen LogP) is 5.10. The summed E-state index contributed by atoms with van der Waals surface area (Å²) in [6, 6.07) is 32.8. The summed E-state index contributed by atoms with van der Waals surface area (Å²) in [5.41, 5.74) is 4.85. The van der Waals surface area contributed by atoms with E-state index in [-0.39, 0.29) is 6.61 Å². The molecular weight excluding hydrogens is 423 g/mol. The molecule has 0 bridgehead atoms. The molecule has 0 atom stereocenters. The Morgan fingerprint density at radius 3 is 2.00 bits per heavy atom. The molecule has 168 valence electrons. The molecular formula is C29H25BO4. The van der Waals surface area contributed by atoms with Gasteiger partial charge in [-0.25, -0.2) is 4.79 Å². The summed E-state index contributed by atoms with van der Waals surface area (Å²) in [6.45, 7) is 1.47. The number of carbonyl (C=O) groups is 1. The summed E-state index contributed by atoms with van der Waals surface area (Å²) < 4.78 is 16.8. The molecule has 34 heavy (non-hydrogen) atoms. The molecule has 2 radical (unpaired) electrons. The fraction of sp³-hybridized carbons (Fsp3) is 0.138. The number of esters is 1. The van der Waals surface area contributed by atoms with Gasteiger partial charge in [-0.2, -0.15) is 0 Å². The van der Waals surface area contributed by atoms with E-state index in [0.717, 1.165) is 28.0 Å². The van der Waals surface area contributed by atoms with E-state index < -0.39 is 5.97 Å². The lowest BCUT2D eigenvalue weighted by Crippen LogP contribution is -2.14. The van der Waals surface area contributed by atoms with E-state index in [9.17, 15) is 4.79 Å². The zero-order chi connectivity index (χ0) is 23.6. The molecule has 0 fully saturated rings. The topological polar surface area (TPSA) is 44.8 Å². The highest BCUT2D eigenvalue weighted by Crippen LogP contribution is 2.23. The second kappa shape index (κ2) is 11.9. The van der Waals surface area contributed by atoms with Gasteiger partial charge in [0.05, 0.1) is 18.8 Å². The quantitative estimate of drug-likeness (QED) is 0.192. The molecule has 4 rings (SSSR count). The smallest absolute Gasteiger partial charge is 0.338 e. The fourth-order valence-corrected chi connectivity index (χ4v) is 3.46. The zero-order valence-electron chi connectivity index (χ0n) is 18.9. The van der Waals surface area contributed by atoms with Gasteiger partial charge in [-0.15, -0.1) is 0 Å². The molecule has 0 saturated carbocycles. The van der Waals surface area contributed by atoms with Crippen molar-refractivity contribution in [1.29, 1.82) is 0 Å². The molecule has 4 nitrogen and oxygen atoms in total. The fourth-order valence-electron chi connectivity index (χ4n) is 3.46. The van der Waals surface area contributed by atoms with Crippen molar-refractivity contribution in [2.24, 2.45) is 0 Å². The van der Waals surface area contributed by atoms with Gasteiger partial charge in [-0.05, 0) is 40.5 Å². The Morgan fingerprint density at radius 2 is 1.32 bits per heavy atom. The number of hydrogen-bond donors (Lipinski definition) is 0. The van der Waals surface area contributed by atoms with Gasteiger partial charge in [0.25, 0.3) is 0 Å². The van der Waals surface area contributed by atoms with Crippen LogP contribution in [0.4, 0.5) is 0 Å². The maximum absolute atomic E-state index is 12.5. The van der Waals surface area contributed by atoms with Gasteiger partial charge in [0, 0.05) is 0 Å². The maximum Gasteiger partial charge on any atom is 0.338 e. The highest BCUT2D eigenvalue weighted by atomic mass is 16.6.